The smallest absolute Gasteiger partial charge is 0.209 e. The Morgan fingerprint density at radius 3 is 2.75 bits per heavy atom. The van der Waals surface area contributed by atoms with Gasteiger partial charge in [-0.05, 0) is 19.1 Å². The van der Waals surface area contributed by atoms with Gasteiger partial charge in [0.1, 0.15) is 12.4 Å². The topological polar surface area (TPSA) is 72.0 Å². The summed E-state index contributed by atoms with van der Waals surface area (Å²) in [5.41, 5.74) is 9.12. The van der Waals surface area contributed by atoms with Gasteiger partial charge in [0.15, 0.2) is 0 Å². The molecule has 1 aromatic carbocycles. The van der Waals surface area contributed by atoms with Crippen LogP contribution in [0.2, 0.25) is 0 Å². The van der Waals surface area contributed by atoms with Crippen LogP contribution in [-0.2, 0) is 0 Å². The summed E-state index contributed by atoms with van der Waals surface area (Å²) in [5.74, 6) is 1.08. The monoisotopic (exact) mass is 220 g/mol. The van der Waals surface area contributed by atoms with Crippen molar-refractivity contribution in [3.8, 4) is 5.75 Å². The van der Waals surface area contributed by atoms with Gasteiger partial charge < -0.3 is 10.5 Å². The van der Waals surface area contributed by atoms with Crippen LogP contribution in [0.15, 0.2) is 34.4 Å². The molecule has 0 radical (unpaired) electrons. The van der Waals surface area contributed by atoms with Crippen LogP contribution >= 0.6 is 0 Å². The minimum absolute atomic E-state index is 0.270. The summed E-state index contributed by atoms with van der Waals surface area (Å²) in [6.07, 6.45) is 1.58. The molecular weight excluding hydrogens is 204 g/mol. The predicted octanol–water partition coefficient (Wildman–Crippen LogP) is 0.894. The molecule has 0 aliphatic rings. The average molecular weight is 220 g/mol. The van der Waals surface area contributed by atoms with E-state index >= 15 is 0 Å². The van der Waals surface area contributed by atoms with Crippen molar-refractivity contribution >= 4 is 12.2 Å². The first-order valence-corrected chi connectivity index (χ1v) is 4.91. The lowest BCUT2D eigenvalue weighted by molar-refractivity contribution is 0.380. The molecule has 1 rings (SSSR count). The van der Waals surface area contributed by atoms with Gasteiger partial charge in [0, 0.05) is 7.05 Å². The van der Waals surface area contributed by atoms with Crippen LogP contribution in [-0.4, -0.2) is 25.8 Å². The number of hydrogen-bond donors (Lipinski definition) is 2. The molecule has 0 atom stereocenters. The van der Waals surface area contributed by atoms with Crippen LogP contribution in [0.1, 0.15) is 5.56 Å². The normalized spacial score (nSPS) is 11.8. The van der Waals surface area contributed by atoms with Crippen molar-refractivity contribution in [2.45, 2.75) is 6.92 Å². The van der Waals surface area contributed by atoms with E-state index < -0.39 is 0 Å². The van der Waals surface area contributed by atoms with E-state index in [4.69, 9.17) is 10.5 Å². The lowest BCUT2D eigenvalue weighted by atomic mass is 10.2. The third kappa shape index (κ3) is 4.45. The highest BCUT2D eigenvalue weighted by Crippen LogP contribution is 2.10. The summed E-state index contributed by atoms with van der Waals surface area (Å²) < 4.78 is 5.41. The number of nitrogens with one attached hydrogen (secondary N) is 1. The van der Waals surface area contributed by atoms with Crippen LogP contribution in [0.5, 0.6) is 5.75 Å². The van der Waals surface area contributed by atoms with Gasteiger partial charge in [-0.15, -0.1) is 0 Å². The summed E-state index contributed by atoms with van der Waals surface area (Å²) in [6.45, 7) is 2.41. The fourth-order valence-electron chi connectivity index (χ4n) is 0.967. The molecule has 0 unspecified atom stereocenters. The number of hydrazone groups is 1. The van der Waals surface area contributed by atoms with Crippen LogP contribution < -0.4 is 15.9 Å². The van der Waals surface area contributed by atoms with Crippen LogP contribution in [0, 0.1) is 6.92 Å². The van der Waals surface area contributed by atoms with Gasteiger partial charge in [-0.2, -0.15) is 5.10 Å². The molecule has 0 aliphatic heterocycles. The van der Waals surface area contributed by atoms with Gasteiger partial charge in [0.2, 0.25) is 5.96 Å². The summed E-state index contributed by atoms with van der Waals surface area (Å²) >= 11 is 0. The highest BCUT2D eigenvalue weighted by Gasteiger charge is 1.90. The number of hydrogen-bond acceptors (Lipinski definition) is 3. The summed E-state index contributed by atoms with van der Waals surface area (Å²) in [6, 6.07) is 7.82. The highest BCUT2D eigenvalue weighted by atomic mass is 16.5. The number of nitrogens with two attached hydrogens (primary N) is 1. The van der Waals surface area contributed by atoms with E-state index in [-0.39, 0.29) is 5.96 Å². The number of guanidine groups is 1. The minimum atomic E-state index is 0.270. The van der Waals surface area contributed by atoms with Crippen molar-refractivity contribution in [1.82, 2.24) is 5.43 Å². The van der Waals surface area contributed by atoms with Crippen molar-refractivity contribution in [3.63, 3.8) is 0 Å². The standard InChI is InChI=1S/C11H16N4O/c1-9-3-5-10(6-4-9)16-8-7-14-15-11(12)13-2/h3-7H,8H2,1-2H3,(H3,12,13,15)/b14-7+. The highest BCUT2D eigenvalue weighted by molar-refractivity contribution is 5.78. The van der Waals surface area contributed by atoms with E-state index in [0.717, 1.165) is 5.75 Å². The third-order valence-electron chi connectivity index (χ3n) is 1.86. The van der Waals surface area contributed by atoms with Gasteiger partial charge in [-0.25, -0.2) is 5.43 Å². The zero-order valence-corrected chi connectivity index (χ0v) is 9.47. The SMILES string of the molecule is CN=C(N)N/N=C/COc1ccc(C)cc1. The van der Waals surface area contributed by atoms with Crippen LogP contribution in [0.4, 0.5) is 0 Å². The Balaban J connectivity index is 2.28. The van der Waals surface area contributed by atoms with E-state index in [9.17, 15) is 0 Å². The number of ether oxygens (including phenoxy) is 1. The molecule has 1 aromatic rings. The second-order valence-corrected chi connectivity index (χ2v) is 3.16. The van der Waals surface area contributed by atoms with Gasteiger partial charge >= 0.3 is 0 Å². The van der Waals surface area contributed by atoms with Crippen molar-refractivity contribution in [2.24, 2.45) is 15.8 Å². The molecule has 0 saturated heterocycles. The molecule has 3 N–H and O–H groups in total. The molecule has 0 bridgehead atoms. The Bertz CT molecular complexity index is 370. The lowest BCUT2D eigenvalue weighted by Crippen LogP contribution is -2.27. The maximum atomic E-state index is 5.41. The Morgan fingerprint density at radius 1 is 1.44 bits per heavy atom. The molecule has 0 heterocycles. The van der Waals surface area contributed by atoms with E-state index in [2.05, 4.69) is 15.5 Å². The maximum absolute atomic E-state index is 5.41. The summed E-state index contributed by atoms with van der Waals surface area (Å²) in [5, 5.41) is 3.82. The average Bonchev–Trinajstić information content (AvgIpc) is 2.31. The molecule has 0 fully saturated rings. The van der Waals surface area contributed by atoms with Crippen molar-refractivity contribution < 1.29 is 4.74 Å². The van der Waals surface area contributed by atoms with Gasteiger partial charge in [-0.3, -0.25) is 4.99 Å². The van der Waals surface area contributed by atoms with Gasteiger partial charge in [-0.1, -0.05) is 17.7 Å². The molecule has 16 heavy (non-hydrogen) atoms. The molecule has 0 saturated carbocycles. The Kier molecular flexibility index (Phi) is 4.85. The predicted molar refractivity (Wildman–Crippen MR) is 65.8 cm³/mol. The number of aryl methyl sites for hydroxylation is 1. The van der Waals surface area contributed by atoms with Crippen molar-refractivity contribution in [3.05, 3.63) is 29.8 Å². The van der Waals surface area contributed by atoms with Crippen molar-refractivity contribution in [1.29, 1.82) is 0 Å². The molecular formula is C11H16N4O. The number of nitrogens with zero attached hydrogens (tertiary/aromatic N) is 2. The summed E-state index contributed by atoms with van der Waals surface area (Å²) in [7, 11) is 1.58. The van der Waals surface area contributed by atoms with Crippen LogP contribution in [0.25, 0.3) is 0 Å². The van der Waals surface area contributed by atoms with Crippen LogP contribution in [0.3, 0.4) is 0 Å². The fraction of sp³-hybridized carbons (Fsp3) is 0.273. The first kappa shape index (κ1) is 12.0. The first-order valence-electron chi connectivity index (χ1n) is 4.91. The Morgan fingerprint density at radius 2 is 2.12 bits per heavy atom. The van der Waals surface area contributed by atoms with E-state index in [1.807, 2.05) is 31.2 Å². The molecule has 0 spiro atoms. The third-order valence-corrected chi connectivity index (χ3v) is 1.86. The zero-order chi connectivity index (χ0) is 11.8. The zero-order valence-electron chi connectivity index (χ0n) is 9.47. The fourth-order valence-corrected chi connectivity index (χ4v) is 0.967. The van der Waals surface area contributed by atoms with Crippen molar-refractivity contribution in [2.75, 3.05) is 13.7 Å². The number of rotatable bonds is 4. The Labute approximate surface area is 95.0 Å². The second-order valence-electron chi connectivity index (χ2n) is 3.16. The molecule has 86 valence electrons. The molecule has 0 amide bonds. The molecule has 0 aromatic heterocycles. The summed E-state index contributed by atoms with van der Waals surface area (Å²) in [4.78, 5) is 3.68. The first-order chi connectivity index (χ1) is 7.72. The number of benzene rings is 1. The largest absolute Gasteiger partial charge is 0.488 e. The molecule has 0 aliphatic carbocycles. The van der Waals surface area contributed by atoms with Gasteiger partial charge in [0.05, 0.1) is 6.21 Å². The molecule has 5 heteroatoms. The minimum Gasteiger partial charge on any atom is -0.488 e. The van der Waals surface area contributed by atoms with E-state index in [1.54, 1.807) is 13.3 Å². The Hall–Kier alpha value is -2.04. The van der Waals surface area contributed by atoms with E-state index in [1.165, 1.54) is 5.56 Å². The maximum Gasteiger partial charge on any atom is 0.209 e. The molecule has 5 nitrogen and oxygen atoms in total. The lowest BCUT2D eigenvalue weighted by Gasteiger charge is -2.02. The van der Waals surface area contributed by atoms with Gasteiger partial charge in [0.25, 0.3) is 0 Å². The second kappa shape index (κ2) is 6.44. The number of aliphatic imine (C=N–C) groups is 1. The van der Waals surface area contributed by atoms with E-state index in [0.29, 0.717) is 6.61 Å². The quantitative estimate of drug-likeness (QED) is 0.450.